The van der Waals surface area contributed by atoms with Crippen molar-refractivity contribution >= 4 is 40.0 Å². The van der Waals surface area contributed by atoms with Gasteiger partial charge in [0.15, 0.2) is 0 Å². The molecule has 1 aromatic carbocycles. The number of hydrogen-bond donors (Lipinski definition) is 1. The molecule has 0 saturated heterocycles. The van der Waals surface area contributed by atoms with E-state index in [-0.39, 0.29) is 17.5 Å². The minimum Gasteiger partial charge on any atom is -0.383 e. The van der Waals surface area contributed by atoms with E-state index in [4.69, 9.17) is 0 Å². The maximum atomic E-state index is 11.8. The summed E-state index contributed by atoms with van der Waals surface area (Å²) in [5.74, 6) is 0.0223. The summed E-state index contributed by atoms with van der Waals surface area (Å²) in [6, 6.07) is 7.48. The van der Waals surface area contributed by atoms with E-state index in [2.05, 4.69) is 27.9 Å². The lowest BCUT2D eigenvalue weighted by atomic mass is 10.3. The molecule has 0 aromatic heterocycles. The maximum absolute atomic E-state index is 11.8. The Morgan fingerprint density at radius 3 is 2.53 bits per heavy atom. The van der Waals surface area contributed by atoms with E-state index in [0.717, 1.165) is 9.26 Å². The molecule has 0 heterocycles. The van der Waals surface area contributed by atoms with Crippen LogP contribution >= 0.6 is 34.4 Å². The molecule has 1 N–H and O–H groups in total. The van der Waals surface area contributed by atoms with E-state index >= 15 is 0 Å². The zero-order valence-corrected chi connectivity index (χ0v) is 10.6. The predicted octanol–water partition coefficient (Wildman–Crippen LogP) is 3.96. The summed E-state index contributed by atoms with van der Waals surface area (Å²) in [5.41, 5.74) is -3.26. The van der Waals surface area contributed by atoms with Crippen LogP contribution in [0.15, 0.2) is 24.3 Å². The molecule has 1 rings (SSSR count). The second-order valence-corrected chi connectivity index (χ2v) is 5.02. The van der Waals surface area contributed by atoms with Gasteiger partial charge in [-0.1, -0.05) is 12.1 Å². The fraction of sp³-hybridized carbons (Fsp3) is 0.333. The van der Waals surface area contributed by atoms with Gasteiger partial charge in [-0.05, 0) is 46.5 Å². The van der Waals surface area contributed by atoms with E-state index in [9.17, 15) is 13.2 Å². The van der Waals surface area contributed by atoms with Gasteiger partial charge >= 0.3 is 5.51 Å². The number of hydrogen-bond acceptors (Lipinski definition) is 2. The molecule has 0 unspecified atom stereocenters. The third kappa shape index (κ3) is 5.50. The number of thioether (sulfide) groups is 1. The number of para-hydroxylation sites is 1. The second kappa shape index (κ2) is 5.83. The first kappa shape index (κ1) is 13.0. The summed E-state index contributed by atoms with van der Waals surface area (Å²) in [7, 11) is 0. The average molecular weight is 347 g/mol. The zero-order valence-electron chi connectivity index (χ0n) is 7.64. The third-order valence-electron chi connectivity index (χ3n) is 1.56. The number of alkyl halides is 3. The molecule has 0 aliphatic carbocycles. The molecule has 6 heteroatoms. The molecule has 15 heavy (non-hydrogen) atoms. The van der Waals surface area contributed by atoms with Crippen LogP contribution in [0.4, 0.5) is 18.9 Å². The SMILES string of the molecule is FC(F)(F)SCCNc1ccccc1I. The van der Waals surface area contributed by atoms with Gasteiger partial charge in [0, 0.05) is 21.6 Å². The van der Waals surface area contributed by atoms with Gasteiger partial charge in [-0.2, -0.15) is 13.2 Å². The van der Waals surface area contributed by atoms with Gasteiger partial charge < -0.3 is 5.32 Å². The number of nitrogens with one attached hydrogen (secondary N) is 1. The highest BCUT2D eigenvalue weighted by Gasteiger charge is 2.27. The van der Waals surface area contributed by atoms with Crippen LogP contribution in [-0.4, -0.2) is 17.8 Å². The number of anilines is 1. The Labute approximate surface area is 104 Å². The van der Waals surface area contributed by atoms with Crippen LogP contribution in [0.2, 0.25) is 0 Å². The van der Waals surface area contributed by atoms with Crippen molar-refractivity contribution in [2.24, 2.45) is 0 Å². The van der Waals surface area contributed by atoms with Crippen molar-refractivity contribution in [3.63, 3.8) is 0 Å². The summed E-state index contributed by atoms with van der Waals surface area (Å²) in [6.07, 6.45) is 0. The van der Waals surface area contributed by atoms with Crippen molar-refractivity contribution in [1.82, 2.24) is 0 Å². The molecule has 1 nitrogen and oxygen atoms in total. The zero-order chi connectivity index (χ0) is 11.3. The lowest BCUT2D eigenvalue weighted by molar-refractivity contribution is -0.0327. The van der Waals surface area contributed by atoms with Gasteiger partial charge in [0.1, 0.15) is 0 Å². The fourth-order valence-corrected chi connectivity index (χ4v) is 1.97. The first-order valence-corrected chi connectivity index (χ1v) is 6.24. The normalized spacial score (nSPS) is 11.5. The molecule has 0 saturated carbocycles. The number of rotatable bonds is 4. The Morgan fingerprint density at radius 1 is 1.27 bits per heavy atom. The van der Waals surface area contributed by atoms with E-state index in [1.54, 1.807) is 0 Å². The van der Waals surface area contributed by atoms with Crippen molar-refractivity contribution in [2.45, 2.75) is 5.51 Å². The molecule has 0 bridgehead atoms. The smallest absolute Gasteiger partial charge is 0.383 e. The second-order valence-electron chi connectivity index (χ2n) is 2.70. The lowest BCUT2D eigenvalue weighted by Gasteiger charge is -2.09. The van der Waals surface area contributed by atoms with Crippen LogP contribution in [-0.2, 0) is 0 Å². The van der Waals surface area contributed by atoms with Crippen molar-refractivity contribution in [3.8, 4) is 0 Å². The van der Waals surface area contributed by atoms with Gasteiger partial charge in [0.05, 0.1) is 0 Å². The Morgan fingerprint density at radius 2 is 1.93 bits per heavy atom. The lowest BCUT2D eigenvalue weighted by Crippen LogP contribution is -2.09. The predicted molar refractivity (Wildman–Crippen MR) is 66.2 cm³/mol. The first-order chi connectivity index (χ1) is 6.99. The molecular weight excluding hydrogens is 338 g/mol. The average Bonchev–Trinajstić information content (AvgIpc) is 2.13. The molecule has 0 atom stereocenters. The number of halogens is 4. The quantitative estimate of drug-likeness (QED) is 0.654. The summed E-state index contributed by atoms with van der Waals surface area (Å²) >= 11 is 2.13. The van der Waals surface area contributed by atoms with Crippen LogP contribution in [0.3, 0.4) is 0 Å². The highest BCUT2D eigenvalue weighted by molar-refractivity contribution is 14.1. The molecular formula is C9H9F3INS. The Bertz CT molecular complexity index is 316. The van der Waals surface area contributed by atoms with Gasteiger partial charge in [-0.3, -0.25) is 0 Å². The summed E-state index contributed by atoms with van der Waals surface area (Å²) in [5, 5.41) is 2.96. The molecule has 0 aliphatic rings. The van der Waals surface area contributed by atoms with Crippen molar-refractivity contribution in [3.05, 3.63) is 27.8 Å². The standard InChI is InChI=1S/C9H9F3INS/c10-9(11,12)15-6-5-14-8-4-2-1-3-7(8)13/h1-4,14H,5-6H2. The van der Waals surface area contributed by atoms with E-state index < -0.39 is 5.51 Å². The fourth-order valence-electron chi connectivity index (χ4n) is 0.957. The molecule has 0 amide bonds. The van der Waals surface area contributed by atoms with Crippen molar-refractivity contribution in [1.29, 1.82) is 0 Å². The summed E-state index contributed by atoms with van der Waals surface area (Å²) in [6.45, 7) is 0.310. The van der Waals surface area contributed by atoms with Crippen LogP contribution < -0.4 is 5.32 Å². The van der Waals surface area contributed by atoms with Gasteiger partial charge in [0.2, 0.25) is 0 Å². The van der Waals surface area contributed by atoms with Crippen LogP contribution in [0.25, 0.3) is 0 Å². The van der Waals surface area contributed by atoms with Crippen LogP contribution in [0, 0.1) is 3.57 Å². The van der Waals surface area contributed by atoms with E-state index in [1.807, 2.05) is 24.3 Å². The van der Waals surface area contributed by atoms with Crippen molar-refractivity contribution < 1.29 is 13.2 Å². The topological polar surface area (TPSA) is 12.0 Å². The molecule has 0 radical (unpaired) electrons. The van der Waals surface area contributed by atoms with E-state index in [0.29, 0.717) is 6.54 Å². The molecule has 84 valence electrons. The van der Waals surface area contributed by atoms with E-state index in [1.165, 1.54) is 0 Å². The van der Waals surface area contributed by atoms with Crippen molar-refractivity contribution in [2.75, 3.05) is 17.6 Å². The summed E-state index contributed by atoms with van der Waals surface area (Å²) < 4.78 is 36.4. The molecule has 1 aromatic rings. The minimum atomic E-state index is -4.13. The largest absolute Gasteiger partial charge is 0.441 e. The molecule has 0 spiro atoms. The van der Waals surface area contributed by atoms with Gasteiger partial charge in [-0.15, -0.1) is 0 Å². The van der Waals surface area contributed by atoms with Crippen LogP contribution in [0.5, 0.6) is 0 Å². The summed E-state index contributed by atoms with van der Waals surface area (Å²) in [4.78, 5) is 0. The maximum Gasteiger partial charge on any atom is 0.441 e. The number of benzene rings is 1. The Hall–Kier alpha value is -0.110. The van der Waals surface area contributed by atoms with Gasteiger partial charge in [-0.25, -0.2) is 0 Å². The third-order valence-corrected chi connectivity index (χ3v) is 3.23. The molecule has 0 aliphatic heterocycles. The molecule has 0 fully saturated rings. The monoisotopic (exact) mass is 347 g/mol. The first-order valence-electron chi connectivity index (χ1n) is 4.18. The highest BCUT2D eigenvalue weighted by atomic mass is 127. The Kier molecular flexibility index (Phi) is 5.04. The minimum absolute atomic E-state index is 0.00628. The highest BCUT2D eigenvalue weighted by Crippen LogP contribution is 2.29. The van der Waals surface area contributed by atoms with Gasteiger partial charge in [0.25, 0.3) is 0 Å². The van der Waals surface area contributed by atoms with Crippen LogP contribution in [0.1, 0.15) is 0 Å². The Balaban J connectivity index is 2.30.